The molecular formula is C25H35N3O4. The van der Waals surface area contributed by atoms with Gasteiger partial charge in [-0.05, 0) is 34.1 Å². The zero-order valence-corrected chi connectivity index (χ0v) is 20.0. The Labute approximate surface area is 190 Å². The number of hydrogen-bond donors (Lipinski definition) is 1. The lowest BCUT2D eigenvalue weighted by molar-refractivity contribution is -0.123. The third kappa shape index (κ3) is 6.11. The first-order valence-corrected chi connectivity index (χ1v) is 11.2. The molecule has 2 aromatic rings. The Balaban J connectivity index is 1.53. The second-order valence-electron chi connectivity index (χ2n) is 10.2. The number of rotatable bonds is 5. The minimum atomic E-state index is -0.523. The van der Waals surface area contributed by atoms with Gasteiger partial charge in [0.15, 0.2) is 11.7 Å². The molecule has 7 nitrogen and oxygen atoms in total. The van der Waals surface area contributed by atoms with Gasteiger partial charge in [-0.1, -0.05) is 44.2 Å². The van der Waals surface area contributed by atoms with E-state index in [9.17, 15) is 9.59 Å². The van der Waals surface area contributed by atoms with E-state index in [-0.39, 0.29) is 23.5 Å². The molecule has 1 aliphatic rings. The van der Waals surface area contributed by atoms with Crippen LogP contribution in [0.1, 0.15) is 59.0 Å². The summed E-state index contributed by atoms with van der Waals surface area (Å²) in [6.07, 6.45) is 1.13. The molecule has 7 heteroatoms. The summed E-state index contributed by atoms with van der Waals surface area (Å²) in [7, 11) is 0. The molecule has 0 spiro atoms. The summed E-state index contributed by atoms with van der Waals surface area (Å²) in [5.41, 5.74) is 1.02. The van der Waals surface area contributed by atoms with Crippen molar-refractivity contribution < 1.29 is 18.7 Å². The van der Waals surface area contributed by atoms with Crippen LogP contribution in [0.25, 0.3) is 11.3 Å². The molecule has 1 atom stereocenters. The molecule has 174 valence electrons. The maximum absolute atomic E-state index is 12.7. The molecule has 2 heterocycles. The lowest BCUT2D eigenvalue weighted by atomic mass is 9.79. The predicted octanol–water partition coefficient (Wildman–Crippen LogP) is 4.73. The number of piperidine rings is 1. The van der Waals surface area contributed by atoms with Gasteiger partial charge >= 0.3 is 6.09 Å². The number of nitrogens with zero attached hydrogens (tertiary/aromatic N) is 2. The van der Waals surface area contributed by atoms with E-state index in [0.29, 0.717) is 38.2 Å². The Kier molecular flexibility index (Phi) is 6.96. The van der Waals surface area contributed by atoms with Crippen molar-refractivity contribution in [3.63, 3.8) is 0 Å². The van der Waals surface area contributed by atoms with Crippen LogP contribution in [0.5, 0.6) is 0 Å². The van der Waals surface area contributed by atoms with Gasteiger partial charge in [0.1, 0.15) is 5.60 Å². The molecular weight excluding hydrogens is 406 g/mol. The van der Waals surface area contributed by atoms with Gasteiger partial charge in [0, 0.05) is 43.0 Å². The van der Waals surface area contributed by atoms with Gasteiger partial charge in [-0.25, -0.2) is 9.78 Å². The smallest absolute Gasteiger partial charge is 0.410 e. The number of benzene rings is 1. The fourth-order valence-corrected chi connectivity index (χ4v) is 4.01. The number of hydrogen-bond acceptors (Lipinski definition) is 5. The number of amides is 2. The molecule has 0 bridgehead atoms. The first-order valence-electron chi connectivity index (χ1n) is 11.2. The van der Waals surface area contributed by atoms with Crippen LogP contribution in [-0.4, -0.2) is 46.6 Å². The second kappa shape index (κ2) is 9.35. The Hall–Kier alpha value is -2.83. The topological polar surface area (TPSA) is 84.7 Å². The highest BCUT2D eigenvalue weighted by atomic mass is 16.6. The Morgan fingerprint density at radius 3 is 2.56 bits per heavy atom. The highest BCUT2D eigenvalue weighted by molar-refractivity contribution is 5.76. The molecule has 1 aliphatic heterocycles. The summed E-state index contributed by atoms with van der Waals surface area (Å²) >= 11 is 0. The highest BCUT2D eigenvalue weighted by Gasteiger charge is 2.39. The minimum Gasteiger partial charge on any atom is -0.444 e. The largest absolute Gasteiger partial charge is 0.444 e. The molecule has 2 amide bonds. The van der Waals surface area contributed by atoms with Crippen molar-refractivity contribution >= 4 is 12.0 Å². The average Bonchev–Trinajstić information content (AvgIpc) is 3.07. The van der Waals surface area contributed by atoms with Crippen molar-refractivity contribution in [2.45, 2.75) is 72.4 Å². The summed E-state index contributed by atoms with van der Waals surface area (Å²) in [5, 5.41) is 3.15. The number of likely N-dealkylation sites (tertiary alicyclic amines) is 1. The van der Waals surface area contributed by atoms with Crippen molar-refractivity contribution in [1.82, 2.24) is 15.2 Å². The summed E-state index contributed by atoms with van der Waals surface area (Å²) in [6.45, 7) is 12.7. The van der Waals surface area contributed by atoms with Crippen LogP contribution in [0.2, 0.25) is 0 Å². The molecule has 32 heavy (non-hydrogen) atoms. The molecule has 0 saturated carbocycles. The van der Waals surface area contributed by atoms with Crippen LogP contribution in [0.15, 0.2) is 34.7 Å². The number of ether oxygens (including phenoxy) is 1. The summed E-state index contributed by atoms with van der Waals surface area (Å²) in [4.78, 5) is 31.3. The highest BCUT2D eigenvalue weighted by Crippen LogP contribution is 2.30. The Bertz CT molecular complexity index is 944. The Morgan fingerprint density at radius 1 is 1.25 bits per heavy atom. The molecule has 3 rings (SSSR count). The second-order valence-corrected chi connectivity index (χ2v) is 10.2. The van der Waals surface area contributed by atoms with Crippen molar-refractivity contribution in [2.24, 2.45) is 5.41 Å². The molecule has 1 fully saturated rings. The lowest BCUT2D eigenvalue weighted by Gasteiger charge is -2.44. The van der Waals surface area contributed by atoms with Crippen LogP contribution >= 0.6 is 0 Å². The van der Waals surface area contributed by atoms with E-state index >= 15 is 0 Å². The number of oxazole rings is 1. The fourth-order valence-electron chi connectivity index (χ4n) is 4.01. The summed E-state index contributed by atoms with van der Waals surface area (Å²) < 4.78 is 11.4. The molecule has 1 saturated heterocycles. The van der Waals surface area contributed by atoms with Gasteiger partial charge in [0.25, 0.3) is 0 Å². The van der Waals surface area contributed by atoms with Crippen molar-refractivity contribution in [3.8, 4) is 11.3 Å². The fraction of sp³-hybridized carbons (Fsp3) is 0.560. The van der Waals surface area contributed by atoms with Crippen molar-refractivity contribution in [2.75, 3.05) is 13.1 Å². The zero-order valence-electron chi connectivity index (χ0n) is 20.0. The van der Waals surface area contributed by atoms with Gasteiger partial charge in [0.2, 0.25) is 5.91 Å². The third-order valence-electron chi connectivity index (χ3n) is 5.66. The van der Waals surface area contributed by atoms with E-state index in [1.54, 1.807) is 4.90 Å². The van der Waals surface area contributed by atoms with Crippen molar-refractivity contribution in [3.05, 3.63) is 41.9 Å². The van der Waals surface area contributed by atoms with Crippen LogP contribution in [0.3, 0.4) is 0 Å². The summed E-state index contributed by atoms with van der Waals surface area (Å²) in [5.74, 6) is 1.28. The minimum absolute atomic E-state index is 0.0140. The third-order valence-corrected chi connectivity index (χ3v) is 5.66. The number of aromatic nitrogens is 1. The zero-order chi connectivity index (χ0) is 23.5. The van der Waals surface area contributed by atoms with Crippen LogP contribution < -0.4 is 5.32 Å². The van der Waals surface area contributed by atoms with Gasteiger partial charge in [-0.15, -0.1) is 0 Å². The van der Waals surface area contributed by atoms with Crippen LogP contribution in [0.4, 0.5) is 4.79 Å². The number of carbonyl (C=O) groups is 2. The van der Waals surface area contributed by atoms with Gasteiger partial charge < -0.3 is 19.4 Å². The molecule has 1 N–H and O–H groups in total. The first-order chi connectivity index (χ1) is 14.9. The van der Waals surface area contributed by atoms with Gasteiger partial charge in [-0.3, -0.25) is 4.79 Å². The molecule has 1 aromatic carbocycles. The number of carbonyl (C=O) groups excluding carboxylic acids is 2. The quantitative estimate of drug-likeness (QED) is 0.725. The van der Waals surface area contributed by atoms with E-state index in [4.69, 9.17) is 9.15 Å². The van der Waals surface area contributed by atoms with E-state index in [2.05, 4.69) is 24.1 Å². The van der Waals surface area contributed by atoms with E-state index in [0.717, 1.165) is 17.0 Å². The standard InChI is InChI=1S/C25H35N3O4/c1-17-22(18-10-8-7-9-11-18)31-21(26-17)13-12-20(29)27-19-14-15-28(16-25(19,5)6)23(30)32-24(2,3)4/h7-11,19H,12-16H2,1-6H3,(H,27,29). The van der Waals surface area contributed by atoms with E-state index in [1.165, 1.54) is 0 Å². The molecule has 1 unspecified atom stereocenters. The molecule has 0 aliphatic carbocycles. The number of nitrogens with one attached hydrogen (secondary N) is 1. The first kappa shape index (κ1) is 23.8. The van der Waals surface area contributed by atoms with Crippen LogP contribution in [-0.2, 0) is 16.0 Å². The maximum Gasteiger partial charge on any atom is 0.410 e. The van der Waals surface area contributed by atoms with E-state index in [1.807, 2.05) is 58.0 Å². The number of aryl methyl sites for hydroxylation is 2. The van der Waals surface area contributed by atoms with Gasteiger partial charge in [0.05, 0.1) is 5.69 Å². The molecule has 0 radical (unpaired) electrons. The normalized spacial score (nSPS) is 18.3. The lowest BCUT2D eigenvalue weighted by Crippen LogP contribution is -2.57. The Morgan fingerprint density at radius 2 is 1.94 bits per heavy atom. The maximum atomic E-state index is 12.7. The van der Waals surface area contributed by atoms with Crippen LogP contribution in [0, 0.1) is 12.3 Å². The van der Waals surface area contributed by atoms with Crippen molar-refractivity contribution in [1.29, 1.82) is 0 Å². The average molecular weight is 442 g/mol. The monoisotopic (exact) mass is 441 g/mol. The summed E-state index contributed by atoms with van der Waals surface area (Å²) in [6, 6.07) is 9.83. The molecule has 1 aromatic heterocycles. The predicted molar refractivity (Wildman–Crippen MR) is 123 cm³/mol. The van der Waals surface area contributed by atoms with Gasteiger partial charge in [-0.2, -0.15) is 0 Å². The van der Waals surface area contributed by atoms with E-state index < -0.39 is 5.60 Å². The SMILES string of the molecule is Cc1nc(CCC(=O)NC2CCN(C(=O)OC(C)(C)C)CC2(C)C)oc1-c1ccccc1.